The summed E-state index contributed by atoms with van der Waals surface area (Å²) in [6.07, 6.45) is 0. The highest BCUT2D eigenvalue weighted by Crippen LogP contribution is 2.65. The van der Waals surface area contributed by atoms with Gasteiger partial charge in [-0.25, -0.2) is 0 Å². The van der Waals surface area contributed by atoms with Gasteiger partial charge in [-0.05, 0) is 206 Å². The molecule has 0 fully saturated rings. The van der Waals surface area contributed by atoms with E-state index in [4.69, 9.17) is 47.1 Å². The molecule has 488 valence electrons. The van der Waals surface area contributed by atoms with Crippen LogP contribution in [0, 0.1) is 0 Å². The summed E-state index contributed by atoms with van der Waals surface area (Å²) >= 11 is 17.4. The van der Waals surface area contributed by atoms with Crippen molar-refractivity contribution < 1.29 is 53.2 Å². The van der Waals surface area contributed by atoms with Crippen LogP contribution in [0.5, 0.6) is 0 Å². The van der Waals surface area contributed by atoms with Gasteiger partial charge in [0.2, 0.25) is 0 Å². The van der Waals surface area contributed by atoms with E-state index in [9.17, 15) is 6.17 Å². The van der Waals surface area contributed by atoms with Crippen molar-refractivity contribution in [2.75, 3.05) is 0 Å². The predicted octanol–water partition coefficient (Wildman–Crippen LogP) is 24.8. The minimum atomic E-state index is -2.07. The van der Waals surface area contributed by atoms with Gasteiger partial charge in [0.1, 0.15) is 0 Å². The summed E-state index contributed by atoms with van der Waals surface area (Å²) < 4.78 is 234. The lowest BCUT2D eigenvalue weighted by Crippen LogP contribution is -2.29. The Hall–Kier alpha value is -9.65. The molecule has 0 bridgehead atoms. The maximum atomic E-state index is 12.2. The average Bonchev–Trinajstić information content (AvgIpc) is 1.50. The fourth-order valence-corrected chi connectivity index (χ4v) is 16.1. The summed E-state index contributed by atoms with van der Waals surface area (Å²) in [5.74, 6) is 0.104. The maximum Gasteiger partial charge on any atom is 0.488 e. The van der Waals surface area contributed by atoms with Gasteiger partial charge in [0, 0.05) is 33.5 Å². The van der Waals surface area contributed by atoms with Gasteiger partial charge in [0.25, 0.3) is 0 Å². The number of rotatable bonds is 4. The fraction of sp³-hybridized carbons (Fsp3) is 0.0215. The zero-order valence-corrected chi connectivity index (χ0v) is 60.5. The van der Waals surface area contributed by atoms with Gasteiger partial charge in [-0.15, -0.1) is 0 Å². The Bertz CT molecular complexity index is 7180. The molecule has 102 heavy (non-hydrogen) atoms. The zero-order chi connectivity index (χ0) is 94.0. The van der Waals surface area contributed by atoms with Crippen LogP contribution in [0.15, 0.2) is 374 Å². The highest BCUT2D eigenvalue weighted by atomic mass is 79.9. The van der Waals surface area contributed by atoms with Gasteiger partial charge < -0.3 is 10.0 Å². The lowest BCUT2D eigenvalue weighted by atomic mass is 9.70. The van der Waals surface area contributed by atoms with E-state index >= 15 is 0 Å². The molecule has 0 heterocycles. The van der Waals surface area contributed by atoms with Crippen molar-refractivity contribution in [3.8, 4) is 89.0 Å². The quantitative estimate of drug-likeness (QED) is 0.173. The van der Waals surface area contributed by atoms with Crippen molar-refractivity contribution in [1.82, 2.24) is 0 Å². The summed E-state index contributed by atoms with van der Waals surface area (Å²) in [7, 11) is -2.07. The van der Waals surface area contributed by atoms with E-state index in [1.807, 2.05) is 78.9 Å². The van der Waals surface area contributed by atoms with Crippen LogP contribution in [-0.2, 0) is 10.8 Å². The molecule has 0 aliphatic heterocycles. The Labute approximate surface area is 676 Å². The molecule has 3 nitrogen and oxygen atoms in total. The standard InChI is InChI=1S/C37H24.C25H14Br2.C13H6Br2O.C12H9Br.C6H7BO2/c1-3-11-25(12-4-1)27-19-21-31-32-22-20-28(26-13-5-2-6-14-26)24-36(32)37(35(31)23-27)33-17-9-7-15-29(33)30-16-8-10-18-34(30)37;26-15-9-11-19-20-12-10-16(27)14-24(20)25(23(19)13-15)21-7-3-1-5-17(21)18-6-2-4-8-22(18)25;14-7-1-3-9-10-4-2-8(15)6-12(10)13(16)11(9)5-7;13-12-9-5-4-8-11(12)10-6-2-1-3-7-10;8-7(9)6-4-2-1-3-5-6/h1-24H;1-14H;1-6H;1-9H;1-5,8-9H/i1D,2D,3D,4D,5D,6D,7D,9D,11D,12D,13D,14D,15D,17D;1D,3D,5D,7D;;1D,2D,3D,6D,7D;1D,2D,3D,4D,5D. The first kappa shape index (κ1) is 42.1. The molecule has 15 aromatic rings. The van der Waals surface area contributed by atoms with E-state index in [2.05, 4.69) is 110 Å². The Morgan fingerprint density at radius 3 is 1.00 bits per heavy atom. The summed E-state index contributed by atoms with van der Waals surface area (Å²) in [5.41, 5.74) is 13.6. The largest absolute Gasteiger partial charge is 0.488 e. The van der Waals surface area contributed by atoms with Crippen molar-refractivity contribution in [2.45, 2.75) is 10.8 Å². The molecule has 0 saturated heterocycles. The fourth-order valence-electron chi connectivity index (χ4n) is 14.2. The molecule has 0 saturated carbocycles. The van der Waals surface area contributed by atoms with E-state index in [1.165, 1.54) is 0 Å². The second-order valence-electron chi connectivity index (χ2n) is 23.6. The first-order valence-electron chi connectivity index (χ1n) is 45.4. The normalized spacial score (nSPS) is 16.7. The minimum absolute atomic E-state index is 0.0142. The van der Waals surface area contributed by atoms with Crippen LogP contribution >= 0.6 is 79.6 Å². The van der Waals surface area contributed by atoms with Crippen molar-refractivity contribution in [3.05, 3.63) is 429 Å². The average molecular weight is 1660 g/mol. The number of carbonyl (C=O) groups is 1. The molecule has 0 aromatic heterocycles. The Kier molecular flexibility index (Phi) is 11.7. The van der Waals surface area contributed by atoms with Crippen LogP contribution in [0.2, 0.25) is 0 Å². The molecule has 5 aliphatic carbocycles. The van der Waals surface area contributed by atoms with Crippen LogP contribution in [0.4, 0.5) is 0 Å². The molecule has 15 aromatic carbocycles. The third kappa shape index (κ3) is 11.8. The minimum Gasteiger partial charge on any atom is -0.423 e. The molecule has 0 atom stereocenters. The first-order valence-corrected chi connectivity index (χ1v) is 35.3. The van der Waals surface area contributed by atoms with Crippen molar-refractivity contribution >= 4 is 98.0 Å². The number of carbonyl (C=O) groups excluding carboxylic acids is 1. The molecule has 20 rings (SSSR count). The number of hydrogen-bond acceptors (Lipinski definition) is 3. The maximum absolute atomic E-state index is 12.2. The molecular weight excluding hydrogens is 1580 g/mol. The highest BCUT2D eigenvalue weighted by molar-refractivity contribution is 9.11. The van der Waals surface area contributed by atoms with Crippen LogP contribution in [0.25, 0.3) is 89.0 Å². The van der Waals surface area contributed by atoms with Crippen LogP contribution < -0.4 is 5.46 Å². The van der Waals surface area contributed by atoms with Gasteiger partial charge in [-0.3, -0.25) is 4.79 Å². The topological polar surface area (TPSA) is 57.5 Å². The third-order valence-electron chi connectivity index (χ3n) is 18.3. The van der Waals surface area contributed by atoms with Crippen LogP contribution in [0.3, 0.4) is 0 Å². The lowest BCUT2D eigenvalue weighted by Gasteiger charge is -2.31. The van der Waals surface area contributed by atoms with E-state index in [1.54, 1.807) is 72.8 Å². The Morgan fingerprint density at radius 1 is 0.255 bits per heavy atom. The van der Waals surface area contributed by atoms with Gasteiger partial charge in [-0.1, -0.05) is 364 Å². The zero-order valence-electron chi connectivity index (χ0n) is 80.6. The van der Waals surface area contributed by atoms with Gasteiger partial charge in [-0.2, -0.15) is 0 Å². The smallest absolute Gasteiger partial charge is 0.423 e. The summed E-state index contributed by atoms with van der Waals surface area (Å²) in [6, 6.07) is 45.8. The molecule has 9 heteroatoms. The number of ketones is 1. The second kappa shape index (κ2) is 28.3. The Morgan fingerprint density at radius 2 is 0.578 bits per heavy atom. The molecule has 0 unspecified atom stereocenters. The van der Waals surface area contributed by atoms with Crippen LogP contribution in [0.1, 0.15) is 98.8 Å². The van der Waals surface area contributed by atoms with Crippen molar-refractivity contribution in [1.29, 1.82) is 0 Å². The monoisotopic (exact) mass is 1660 g/mol. The SMILES string of the molecule is O=C1c2cc(Br)ccc2-c2ccc(Br)cc21.[2H]c1c([2H])c([2H])c(-c2ccc3c(c2)C2(c4cc(-c5c([2H])c([2H])c([2H])c([2H])c5[2H])ccc4-3)c3ccccc3-c3c([2H])c([2H])c([2H])c([2H])c32)c([2H])c1[2H].[2H]c1c([2H])c([2H])c(-c2ccccc2Br)c([2H])c1[2H].[2H]c1c([2H])c([2H])c(B(O)O)c([2H])c1[2H].[2H]c1c([2H])c([2H])c2c(c1[2H])-c1ccccc1C21c2cc(Br)ccc2-c2ccc(Br)cc21. The Balaban J connectivity index is 0.000000132. The molecule has 0 amide bonds. The highest BCUT2D eigenvalue weighted by Gasteiger charge is 2.53. The van der Waals surface area contributed by atoms with Crippen molar-refractivity contribution in [2.24, 2.45) is 0 Å². The molecular formula is C93H60BBr5O3. The number of fused-ring (bicyclic) bond motifs is 23. The summed E-state index contributed by atoms with van der Waals surface area (Å²) in [4.78, 5) is 12.2. The van der Waals surface area contributed by atoms with Gasteiger partial charge >= 0.3 is 7.12 Å². The number of benzene rings is 15. The van der Waals surface area contributed by atoms with Crippen LogP contribution in [-0.4, -0.2) is 22.9 Å². The third-order valence-corrected chi connectivity index (χ3v) is 20.9. The molecule has 2 spiro atoms. The predicted molar refractivity (Wildman–Crippen MR) is 438 cm³/mol. The van der Waals surface area contributed by atoms with E-state index in [0.717, 1.165) is 73.5 Å². The van der Waals surface area contributed by atoms with Crippen molar-refractivity contribution in [3.63, 3.8) is 0 Å². The molecule has 5 aliphatic rings. The summed E-state index contributed by atoms with van der Waals surface area (Å²) in [6.45, 7) is 0. The van der Waals surface area contributed by atoms with E-state index < -0.39 is 126 Å². The summed E-state index contributed by atoms with van der Waals surface area (Å²) in [5, 5.41) is 17.6. The molecule has 0 radical (unpaired) electrons. The van der Waals surface area contributed by atoms with Gasteiger partial charge in [0.05, 0.1) is 49.2 Å². The van der Waals surface area contributed by atoms with E-state index in [-0.39, 0.29) is 100 Å². The lowest BCUT2D eigenvalue weighted by molar-refractivity contribution is 0.104. The number of hydrogen-bond donors (Lipinski definition) is 2. The number of halogens is 5. The van der Waals surface area contributed by atoms with E-state index in [0.29, 0.717) is 65.7 Å². The van der Waals surface area contributed by atoms with Gasteiger partial charge in [0.15, 0.2) is 5.78 Å². The molecule has 2 N–H and O–H groups in total. The first-order chi connectivity index (χ1) is 61.5. The second-order valence-corrected chi connectivity index (χ2v) is 28.1.